The van der Waals surface area contributed by atoms with Crippen LogP contribution in [-0.2, 0) is 9.59 Å². The Bertz CT molecular complexity index is 749. The average Bonchev–Trinajstić information content (AvgIpc) is 2.54. The molecule has 0 saturated carbocycles. The molecule has 0 heterocycles. The van der Waals surface area contributed by atoms with Crippen LogP contribution in [0.1, 0.15) is 13.3 Å². The molecule has 0 aliphatic rings. The number of amides is 1. The van der Waals surface area contributed by atoms with Crippen molar-refractivity contribution in [3.63, 3.8) is 0 Å². The molecule has 1 N–H and O–H groups in total. The van der Waals surface area contributed by atoms with Crippen molar-refractivity contribution in [1.29, 1.82) is 0 Å². The summed E-state index contributed by atoms with van der Waals surface area (Å²) in [7, 11) is 0. The molecule has 1 amide bonds. The van der Waals surface area contributed by atoms with Crippen LogP contribution >= 0.6 is 23.2 Å². The zero-order valence-corrected chi connectivity index (χ0v) is 14.4. The first kappa shape index (κ1) is 18.1. The summed E-state index contributed by atoms with van der Waals surface area (Å²) in [6.07, 6.45) is 0.270. The molecule has 2 rings (SSSR count). The van der Waals surface area contributed by atoms with Gasteiger partial charge in [0.25, 0.3) is 5.91 Å². The van der Waals surface area contributed by atoms with Crippen molar-refractivity contribution in [1.82, 2.24) is 0 Å². The molecule has 7 heteroatoms. The molecule has 0 spiro atoms. The monoisotopic (exact) mass is 367 g/mol. The second kappa shape index (κ2) is 8.57. The SMILES string of the molecule is CCC(=O)Oc1cccc(NC(=O)COc2ccc(Cl)cc2Cl)c1. The van der Waals surface area contributed by atoms with Crippen molar-refractivity contribution in [3.8, 4) is 11.5 Å². The van der Waals surface area contributed by atoms with Gasteiger partial charge in [0, 0.05) is 23.2 Å². The Morgan fingerprint density at radius 2 is 1.92 bits per heavy atom. The van der Waals surface area contributed by atoms with E-state index < -0.39 is 0 Å². The van der Waals surface area contributed by atoms with Crippen LogP contribution in [0.25, 0.3) is 0 Å². The predicted octanol–water partition coefficient (Wildman–Crippen LogP) is 4.33. The molecule has 5 nitrogen and oxygen atoms in total. The van der Waals surface area contributed by atoms with Gasteiger partial charge in [-0.1, -0.05) is 36.2 Å². The third kappa shape index (κ3) is 5.44. The highest BCUT2D eigenvalue weighted by Gasteiger charge is 2.08. The Morgan fingerprint density at radius 1 is 1.12 bits per heavy atom. The van der Waals surface area contributed by atoms with Gasteiger partial charge in [-0.05, 0) is 30.3 Å². The van der Waals surface area contributed by atoms with E-state index in [-0.39, 0.29) is 24.9 Å². The quantitative estimate of drug-likeness (QED) is 0.609. The van der Waals surface area contributed by atoms with Crippen LogP contribution in [0.5, 0.6) is 11.5 Å². The highest BCUT2D eigenvalue weighted by molar-refractivity contribution is 6.35. The van der Waals surface area contributed by atoms with E-state index in [2.05, 4.69) is 5.32 Å². The van der Waals surface area contributed by atoms with E-state index in [9.17, 15) is 9.59 Å². The van der Waals surface area contributed by atoms with Gasteiger partial charge in [0.15, 0.2) is 6.61 Å². The van der Waals surface area contributed by atoms with Gasteiger partial charge in [-0.15, -0.1) is 0 Å². The lowest BCUT2D eigenvalue weighted by atomic mass is 10.3. The molecule has 126 valence electrons. The molecule has 24 heavy (non-hydrogen) atoms. The van der Waals surface area contributed by atoms with E-state index in [1.54, 1.807) is 43.3 Å². The Labute approximate surface area is 149 Å². The number of anilines is 1. The zero-order valence-electron chi connectivity index (χ0n) is 12.8. The second-order valence-electron chi connectivity index (χ2n) is 4.77. The number of rotatable bonds is 6. The van der Waals surface area contributed by atoms with Gasteiger partial charge in [-0.2, -0.15) is 0 Å². The molecule has 0 radical (unpaired) electrons. The number of carbonyl (C=O) groups is 2. The maximum atomic E-state index is 11.9. The molecule has 0 bridgehead atoms. The topological polar surface area (TPSA) is 64.6 Å². The lowest BCUT2D eigenvalue weighted by molar-refractivity contribution is -0.134. The number of benzene rings is 2. The molecule has 0 aromatic heterocycles. The fraction of sp³-hybridized carbons (Fsp3) is 0.176. The number of hydrogen-bond acceptors (Lipinski definition) is 4. The summed E-state index contributed by atoms with van der Waals surface area (Å²) in [6.45, 7) is 1.48. The van der Waals surface area contributed by atoms with Crippen molar-refractivity contribution in [2.75, 3.05) is 11.9 Å². The Kier molecular flexibility index (Phi) is 6.46. The summed E-state index contributed by atoms with van der Waals surface area (Å²) in [6, 6.07) is 11.3. The summed E-state index contributed by atoms with van der Waals surface area (Å²) in [5.74, 6) is 0.00216. The second-order valence-corrected chi connectivity index (χ2v) is 5.61. The molecule has 0 saturated heterocycles. The van der Waals surface area contributed by atoms with Crippen LogP contribution in [0.3, 0.4) is 0 Å². The predicted molar refractivity (Wildman–Crippen MR) is 93.0 cm³/mol. The van der Waals surface area contributed by atoms with E-state index in [4.69, 9.17) is 32.7 Å². The summed E-state index contributed by atoms with van der Waals surface area (Å²) in [5.41, 5.74) is 0.493. The van der Waals surface area contributed by atoms with Gasteiger partial charge in [-0.3, -0.25) is 9.59 Å². The molecule has 0 aliphatic carbocycles. The normalized spacial score (nSPS) is 10.1. The van der Waals surface area contributed by atoms with E-state index in [1.807, 2.05) is 0 Å². The van der Waals surface area contributed by atoms with Crippen molar-refractivity contribution in [2.45, 2.75) is 13.3 Å². The van der Waals surface area contributed by atoms with Crippen molar-refractivity contribution in [3.05, 3.63) is 52.5 Å². The van der Waals surface area contributed by atoms with Crippen LogP contribution in [0.2, 0.25) is 10.0 Å². The molecule has 0 fully saturated rings. The lowest BCUT2D eigenvalue weighted by Gasteiger charge is -2.10. The zero-order chi connectivity index (χ0) is 17.5. The maximum absolute atomic E-state index is 11.9. The van der Waals surface area contributed by atoms with Crippen molar-refractivity contribution in [2.24, 2.45) is 0 Å². The van der Waals surface area contributed by atoms with Crippen LogP contribution in [-0.4, -0.2) is 18.5 Å². The highest BCUT2D eigenvalue weighted by Crippen LogP contribution is 2.27. The van der Waals surface area contributed by atoms with Gasteiger partial charge < -0.3 is 14.8 Å². The third-order valence-corrected chi connectivity index (χ3v) is 3.42. The fourth-order valence-corrected chi connectivity index (χ4v) is 2.24. The maximum Gasteiger partial charge on any atom is 0.310 e. The molecule has 0 aliphatic heterocycles. The van der Waals surface area contributed by atoms with Crippen LogP contribution < -0.4 is 14.8 Å². The number of halogens is 2. The van der Waals surface area contributed by atoms with Gasteiger partial charge in [0.2, 0.25) is 0 Å². The van der Waals surface area contributed by atoms with Gasteiger partial charge >= 0.3 is 5.97 Å². The number of ether oxygens (including phenoxy) is 2. The minimum absolute atomic E-state index is 0.222. The van der Waals surface area contributed by atoms with E-state index >= 15 is 0 Å². The molecule has 2 aromatic rings. The van der Waals surface area contributed by atoms with E-state index in [0.29, 0.717) is 27.2 Å². The molecule has 0 atom stereocenters. The van der Waals surface area contributed by atoms with Crippen LogP contribution in [0.15, 0.2) is 42.5 Å². The molecular formula is C17H15Cl2NO4. The Hall–Kier alpha value is -2.24. The van der Waals surface area contributed by atoms with E-state index in [0.717, 1.165) is 0 Å². The summed E-state index contributed by atoms with van der Waals surface area (Å²) >= 11 is 11.8. The van der Waals surface area contributed by atoms with E-state index in [1.165, 1.54) is 6.07 Å². The summed E-state index contributed by atoms with van der Waals surface area (Å²) in [5, 5.41) is 3.45. The first-order valence-corrected chi connectivity index (χ1v) is 7.92. The standard InChI is InChI=1S/C17H15Cl2NO4/c1-2-17(22)24-13-5-3-4-12(9-13)20-16(21)10-23-15-7-6-11(18)8-14(15)19/h3-9H,2,10H2,1H3,(H,20,21). The number of carbonyl (C=O) groups excluding carboxylic acids is 2. The largest absolute Gasteiger partial charge is 0.482 e. The smallest absolute Gasteiger partial charge is 0.310 e. The van der Waals surface area contributed by atoms with Gasteiger partial charge in [0.05, 0.1) is 5.02 Å². The highest BCUT2D eigenvalue weighted by atomic mass is 35.5. The van der Waals surface area contributed by atoms with Crippen molar-refractivity contribution < 1.29 is 19.1 Å². The number of esters is 1. The lowest BCUT2D eigenvalue weighted by Crippen LogP contribution is -2.20. The first-order valence-electron chi connectivity index (χ1n) is 7.16. The number of nitrogens with one attached hydrogen (secondary N) is 1. The Balaban J connectivity index is 1.92. The fourth-order valence-electron chi connectivity index (χ4n) is 1.77. The minimum atomic E-state index is -0.375. The van der Waals surface area contributed by atoms with Crippen molar-refractivity contribution >= 4 is 40.8 Å². The molecule has 2 aromatic carbocycles. The number of hydrogen-bond donors (Lipinski definition) is 1. The van der Waals surface area contributed by atoms with Crippen LogP contribution in [0, 0.1) is 0 Å². The third-order valence-electron chi connectivity index (χ3n) is 2.89. The minimum Gasteiger partial charge on any atom is -0.482 e. The first-order chi connectivity index (χ1) is 11.5. The van der Waals surface area contributed by atoms with Gasteiger partial charge in [0.1, 0.15) is 11.5 Å². The van der Waals surface area contributed by atoms with Gasteiger partial charge in [-0.25, -0.2) is 0 Å². The average molecular weight is 368 g/mol. The molecule has 0 unspecified atom stereocenters. The van der Waals surface area contributed by atoms with Crippen LogP contribution in [0.4, 0.5) is 5.69 Å². The molecular weight excluding hydrogens is 353 g/mol. The summed E-state index contributed by atoms with van der Waals surface area (Å²) < 4.78 is 10.4. The summed E-state index contributed by atoms with van der Waals surface area (Å²) in [4.78, 5) is 23.2. The Morgan fingerprint density at radius 3 is 2.62 bits per heavy atom.